The van der Waals surface area contributed by atoms with Crippen molar-refractivity contribution in [1.82, 2.24) is 5.32 Å². The van der Waals surface area contributed by atoms with Crippen LogP contribution < -0.4 is 5.32 Å². The normalized spacial score (nSPS) is 14.9. The second-order valence-electron chi connectivity index (χ2n) is 3.57. The van der Waals surface area contributed by atoms with E-state index in [4.69, 9.17) is 10.2 Å². The molecule has 0 saturated heterocycles. The van der Waals surface area contributed by atoms with Gasteiger partial charge in [-0.2, -0.15) is 0 Å². The van der Waals surface area contributed by atoms with Gasteiger partial charge in [-0.1, -0.05) is 6.92 Å². The monoisotopic (exact) mass is 203 g/mol. The van der Waals surface area contributed by atoms with Crippen LogP contribution in [-0.2, 0) is 4.79 Å². The van der Waals surface area contributed by atoms with Crippen LogP contribution in [0.5, 0.6) is 0 Å². The standard InChI is InChI=1S/C10H21NO3/c1-3-9(6-7-12)11-10(14)5-4-8(2)13/h8-9,12-13H,3-7H2,1-2H3,(H,11,14). The molecule has 0 aromatic rings. The van der Waals surface area contributed by atoms with Crippen LogP contribution in [0.15, 0.2) is 0 Å². The van der Waals surface area contributed by atoms with Gasteiger partial charge in [-0.15, -0.1) is 0 Å². The third-order valence-electron chi connectivity index (χ3n) is 2.12. The molecule has 4 heteroatoms. The average molecular weight is 203 g/mol. The van der Waals surface area contributed by atoms with E-state index in [0.29, 0.717) is 19.3 Å². The fraction of sp³-hybridized carbons (Fsp3) is 0.900. The summed E-state index contributed by atoms with van der Waals surface area (Å²) in [6.45, 7) is 3.72. The Morgan fingerprint density at radius 1 is 1.43 bits per heavy atom. The molecule has 0 aliphatic carbocycles. The molecule has 3 N–H and O–H groups in total. The van der Waals surface area contributed by atoms with Crippen molar-refractivity contribution in [1.29, 1.82) is 0 Å². The van der Waals surface area contributed by atoms with Crippen LogP contribution in [0.4, 0.5) is 0 Å². The summed E-state index contributed by atoms with van der Waals surface area (Å²) in [6, 6.07) is 0.0569. The first-order valence-electron chi connectivity index (χ1n) is 5.18. The fourth-order valence-electron chi connectivity index (χ4n) is 1.17. The van der Waals surface area contributed by atoms with E-state index in [-0.39, 0.29) is 18.6 Å². The third-order valence-corrected chi connectivity index (χ3v) is 2.12. The van der Waals surface area contributed by atoms with Crippen LogP contribution in [0.1, 0.15) is 39.5 Å². The first kappa shape index (κ1) is 13.4. The van der Waals surface area contributed by atoms with Gasteiger partial charge in [-0.25, -0.2) is 0 Å². The molecule has 0 radical (unpaired) electrons. The molecule has 0 fully saturated rings. The van der Waals surface area contributed by atoms with Crippen molar-refractivity contribution in [2.45, 2.75) is 51.7 Å². The van der Waals surface area contributed by atoms with Gasteiger partial charge in [0.2, 0.25) is 5.91 Å². The zero-order valence-corrected chi connectivity index (χ0v) is 8.99. The molecule has 84 valence electrons. The molecule has 0 aromatic carbocycles. The van der Waals surface area contributed by atoms with Gasteiger partial charge >= 0.3 is 0 Å². The maximum atomic E-state index is 11.3. The van der Waals surface area contributed by atoms with Crippen molar-refractivity contribution in [2.24, 2.45) is 0 Å². The van der Waals surface area contributed by atoms with Crippen molar-refractivity contribution >= 4 is 5.91 Å². The molecule has 0 aliphatic rings. The number of hydrogen-bond acceptors (Lipinski definition) is 3. The minimum atomic E-state index is -0.432. The molecule has 0 heterocycles. The molecule has 0 bridgehead atoms. The van der Waals surface area contributed by atoms with Crippen molar-refractivity contribution in [3.05, 3.63) is 0 Å². The largest absolute Gasteiger partial charge is 0.396 e. The first-order chi connectivity index (χ1) is 6.60. The van der Waals surface area contributed by atoms with Gasteiger partial charge in [0.25, 0.3) is 0 Å². The molecule has 0 saturated carbocycles. The first-order valence-corrected chi connectivity index (χ1v) is 5.18. The highest BCUT2D eigenvalue weighted by atomic mass is 16.3. The predicted molar refractivity (Wildman–Crippen MR) is 54.8 cm³/mol. The summed E-state index contributed by atoms with van der Waals surface area (Å²) in [7, 11) is 0. The van der Waals surface area contributed by atoms with Gasteiger partial charge < -0.3 is 15.5 Å². The minimum absolute atomic E-state index is 0.0498. The summed E-state index contributed by atoms with van der Waals surface area (Å²) >= 11 is 0. The SMILES string of the molecule is CCC(CCO)NC(=O)CCC(C)O. The zero-order valence-electron chi connectivity index (χ0n) is 8.99. The molecule has 0 spiro atoms. The average Bonchev–Trinajstić information content (AvgIpc) is 2.14. The van der Waals surface area contributed by atoms with Gasteiger partial charge in [0.1, 0.15) is 0 Å². The number of carbonyl (C=O) groups excluding carboxylic acids is 1. The highest BCUT2D eigenvalue weighted by molar-refractivity contribution is 5.76. The van der Waals surface area contributed by atoms with Crippen molar-refractivity contribution in [3.8, 4) is 0 Å². The van der Waals surface area contributed by atoms with Crippen molar-refractivity contribution < 1.29 is 15.0 Å². The van der Waals surface area contributed by atoms with E-state index in [1.54, 1.807) is 6.92 Å². The van der Waals surface area contributed by atoms with Crippen LogP contribution in [0.2, 0.25) is 0 Å². The Bertz CT molecular complexity index is 159. The lowest BCUT2D eigenvalue weighted by atomic mass is 10.1. The number of hydrogen-bond donors (Lipinski definition) is 3. The molecule has 4 nitrogen and oxygen atoms in total. The summed E-state index contributed by atoms with van der Waals surface area (Å²) in [4.78, 5) is 11.3. The summed E-state index contributed by atoms with van der Waals surface area (Å²) in [5.41, 5.74) is 0. The Labute approximate surface area is 85.3 Å². The van der Waals surface area contributed by atoms with Crippen LogP contribution in [0, 0.1) is 0 Å². The lowest BCUT2D eigenvalue weighted by Gasteiger charge is -2.15. The Balaban J connectivity index is 3.67. The number of carbonyl (C=O) groups is 1. The highest BCUT2D eigenvalue weighted by Crippen LogP contribution is 2.00. The summed E-state index contributed by atoms with van der Waals surface area (Å²) in [6.07, 6.45) is 1.82. The van der Waals surface area contributed by atoms with Crippen LogP contribution in [0.25, 0.3) is 0 Å². The second-order valence-corrected chi connectivity index (χ2v) is 3.57. The van der Waals surface area contributed by atoms with E-state index in [1.165, 1.54) is 0 Å². The Morgan fingerprint density at radius 3 is 2.50 bits per heavy atom. The molecule has 2 atom stereocenters. The molecule has 0 aromatic heterocycles. The van der Waals surface area contributed by atoms with Gasteiger partial charge in [0.15, 0.2) is 0 Å². The lowest BCUT2D eigenvalue weighted by Crippen LogP contribution is -2.35. The summed E-state index contributed by atoms with van der Waals surface area (Å²) < 4.78 is 0. The van der Waals surface area contributed by atoms with Gasteiger partial charge in [-0.3, -0.25) is 4.79 Å². The third kappa shape index (κ3) is 6.86. The molecular formula is C10H21NO3. The summed E-state index contributed by atoms with van der Waals surface area (Å²) in [5, 5.41) is 20.5. The lowest BCUT2D eigenvalue weighted by molar-refractivity contribution is -0.122. The fourth-order valence-corrected chi connectivity index (χ4v) is 1.17. The van der Waals surface area contributed by atoms with Crippen LogP contribution in [0.3, 0.4) is 0 Å². The van der Waals surface area contributed by atoms with Crippen molar-refractivity contribution in [2.75, 3.05) is 6.61 Å². The van der Waals surface area contributed by atoms with Crippen LogP contribution in [-0.4, -0.2) is 34.9 Å². The maximum absolute atomic E-state index is 11.3. The number of rotatable bonds is 7. The Morgan fingerprint density at radius 2 is 2.07 bits per heavy atom. The number of aliphatic hydroxyl groups excluding tert-OH is 2. The van der Waals surface area contributed by atoms with E-state index >= 15 is 0 Å². The molecule has 0 aliphatic heterocycles. The van der Waals surface area contributed by atoms with E-state index in [9.17, 15) is 4.79 Å². The van der Waals surface area contributed by atoms with Crippen LogP contribution >= 0.6 is 0 Å². The number of aliphatic hydroxyl groups is 2. The van der Waals surface area contributed by atoms with E-state index < -0.39 is 6.10 Å². The van der Waals surface area contributed by atoms with E-state index in [2.05, 4.69) is 5.32 Å². The second kappa shape index (κ2) is 7.76. The molecule has 1 amide bonds. The predicted octanol–water partition coefficient (Wildman–Crippen LogP) is 0.425. The van der Waals surface area contributed by atoms with Gasteiger partial charge in [0.05, 0.1) is 6.10 Å². The zero-order chi connectivity index (χ0) is 11.0. The molecular weight excluding hydrogens is 182 g/mol. The minimum Gasteiger partial charge on any atom is -0.396 e. The van der Waals surface area contributed by atoms with Gasteiger partial charge in [-0.05, 0) is 26.2 Å². The molecule has 14 heavy (non-hydrogen) atoms. The Hall–Kier alpha value is -0.610. The van der Waals surface area contributed by atoms with Crippen molar-refractivity contribution in [3.63, 3.8) is 0 Å². The Kier molecular flexibility index (Phi) is 7.42. The smallest absolute Gasteiger partial charge is 0.220 e. The van der Waals surface area contributed by atoms with Gasteiger partial charge in [0, 0.05) is 19.1 Å². The number of amides is 1. The number of nitrogens with one attached hydrogen (secondary N) is 1. The molecule has 2 unspecified atom stereocenters. The highest BCUT2D eigenvalue weighted by Gasteiger charge is 2.10. The van der Waals surface area contributed by atoms with E-state index in [0.717, 1.165) is 6.42 Å². The molecule has 0 rings (SSSR count). The topological polar surface area (TPSA) is 69.6 Å². The maximum Gasteiger partial charge on any atom is 0.220 e. The van der Waals surface area contributed by atoms with E-state index in [1.807, 2.05) is 6.92 Å². The quantitative estimate of drug-likeness (QED) is 0.562. The summed E-state index contributed by atoms with van der Waals surface area (Å²) in [5.74, 6) is -0.0498.